The molecule has 0 saturated heterocycles. The second kappa shape index (κ2) is 3.77. The normalized spacial score (nSPS) is 13.0. The van der Waals surface area contributed by atoms with Crippen LogP contribution < -0.4 is 0 Å². The van der Waals surface area contributed by atoms with Crippen molar-refractivity contribution < 1.29 is 0 Å². The summed E-state index contributed by atoms with van der Waals surface area (Å²) in [5.74, 6) is 0.646. The van der Waals surface area contributed by atoms with Crippen LogP contribution >= 0.6 is 11.6 Å². The van der Waals surface area contributed by atoms with Crippen molar-refractivity contribution in [2.75, 3.05) is 0 Å². The van der Waals surface area contributed by atoms with Gasteiger partial charge in [-0.05, 0) is 30.0 Å². The Hall–Kier alpha value is -0.490. The van der Waals surface area contributed by atoms with Gasteiger partial charge in [0.25, 0.3) is 0 Å². The van der Waals surface area contributed by atoms with Gasteiger partial charge in [-0.15, -0.1) is 0 Å². The second-order valence-corrected chi connectivity index (χ2v) is 3.30. The molecule has 0 amide bonds. The van der Waals surface area contributed by atoms with Gasteiger partial charge in [-0.2, -0.15) is 0 Å². The lowest BCUT2D eigenvalue weighted by molar-refractivity contribution is 0.734. The third kappa shape index (κ3) is 2.23. The Kier molecular flexibility index (Phi) is 2.95. The smallest absolute Gasteiger partial charge is 0.0406 e. The molecule has 0 bridgehead atoms. The molecule has 0 spiro atoms. The Morgan fingerprint density at radius 1 is 1.27 bits per heavy atom. The quantitative estimate of drug-likeness (QED) is 0.629. The van der Waals surface area contributed by atoms with Crippen molar-refractivity contribution in [3.8, 4) is 0 Å². The second-order valence-electron chi connectivity index (χ2n) is 2.86. The molecule has 0 aliphatic heterocycles. The van der Waals surface area contributed by atoms with Crippen LogP contribution in [0, 0.1) is 0 Å². The molecule has 1 unspecified atom stereocenters. The fourth-order valence-electron chi connectivity index (χ4n) is 1.03. The summed E-state index contributed by atoms with van der Waals surface area (Å²) in [5.41, 5.74) is 1.37. The van der Waals surface area contributed by atoms with Crippen molar-refractivity contribution in [2.45, 2.75) is 26.2 Å². The van der Waals surface area contributed by atoms with E-state index >= 15 is 0 Å². The standard InChI is InChI=1S/C10H13Cl/c1-3-8(2)9-4-6-10(11)7-5-9/h4-8H,3H2,1-2H3. The van der Waals surface area contributed by atoms with Crippen molar-refractivity contribution >= 4 is 11.6 Å². The van der Waals surface area contributed by atoms with Gasteiger partial charge in [-0.1, -0.05) is 37.6 Å². The minimum absolute atomic E-state index is 0.646. The van der Waals surface area contributed by atoms with Crippen LogP contribution in [0.1, 0.15) is 31.7 Å². The zero-order valence-electron chi connectivity index (χ0n) is 6.97. The van der Waals surface area contributed by atoms with E-state index in [1.165, 1.54) is 12.0 Å². The topological polar surface area (TPSA) is 0 Å². The minimum Gasteiger partial charge on any atom is -0.0843 e. The number of hydrogen-bond acceptors (Lipinski definition) is 0. The first kappa shape index (κ1) is 8.61. The summed E-state index contributed by atoms with van der Waals surface area (Å²) >= 11 is 5.76. The summed E-state index contributed by atoms with van der Waals surface area (Å²) in [5, 5.41) is 0.817. The van der Waals surface area contributed by atoms with Crippen molar-refractivity contribution in [2.24, 2.45) is 0 Å². The van der Waals surface area contributed by atoms with Crippen molar-refractivity contribution in [3.63, 3.8) is 0 Å². The van der Waals surface area contributed by atoms with Crippen molar-refractivity contribution in [1.82, 2.24) is 0 Å². The van der Waals surface area contributed by atoms with Gasteiger partial charge >= 0.3 is 0 Å². The molecule has 0 aromatic heterocycles. The monoisotopic (exact) mass is 168 g/mol. The van der Waals surface area contributed by atoms with Crippen molar-refractivity contribution in [3.05, 3.63) is 34.9 Å². The third-order valence-electron chi connectivity index (χ3n) is 2.05. The van der Waals surface area contributed by atoms with Gasteiger partial charge in [0.15, 0.2) is 0 Å². The number of hydrogen-bond donors (Lipinski definition) is 0. The summed E-state index contributed by atoms with van der Waals surface area (Å²) in [6.07, 6.45) is 1.18. The van der Waals surface area contributed by atoms with E-state index in [-0.39, 0.29) is 0 Å². The lowest BCUT2D eigenvalue weighted by atomic mass is 9.99. The maximum absolute atomic E-state index is 5.76. The van der Waals surface area contributed by atoms with Gasteiger partial charge in [-0.25, -0.2) is 0 Å². The average Bonchev–Trinajstić information content (AvgIpc) is 2.05. The van der Waals surface area contributed by atoms with E-state index < -0.39 is 0 Å². The molecular weight excluding hydrogens is 156 g/mol. The van der Waals surface area contributed by atoms with Crippen molar-refractivity contribution in [1.29, 1.82) is 0 Å². The van der Waals surface area contributed by atoms with Gasteiger partial charge in [0.2, 0.25) is 0 Å². The molecule has 1 heteroatoms. The molecular formula is C10H13Cl. The fraction of sp³-hybridized carbons (Fsp3) is 0.400. The van der Waals surface area contributed by atoms with Crippen LogP contribution in [0.25, 0.3) is 0 Å². The predicted molar refractivity (Wildman–Crippen MR) is 50.2 cm³/mol. The summed E-state index contributed by atoms with van der Waals surface area (Å²) in [6.45, 7) is 4.42. The molecule has 0 N–H and O–H groups in total. The molecule has 1 atom stereocenters. The minimum atomic E-state index is 0.646. The molecule has 11 heavy (non-hydrogen) atoms. The van der Waals surface area contributed by atoms with E-state index in [4.69, 9.17) is 11.6 Å². The van der Waals surface area contributed by atoms with Gasteiger partial charge < -0.3 is 0 Å². The first-order chi connectivity index (χ1) is 5.24. The zero-order chi connectivity index (χ0) is 8.27. The summed E-state index contributed by atoms with van der Waals surface area (Å²) in [4.78, 5) is 0. The summed E-state index contributed by atoms with van der Waals surface area (Å²) < 4.78 is 0. The number of rotatable bonds is 2. The van der Waals surface area contributed by atoms with Crippen LogP contribution in [0.3, 0.4) is 0 Å². The van der Waals surface area contributed by atoms with Crippen LogP contribution in [-0.4, -0.2) is 0 Å². The van der Waals surface area contributed by atoms with Gasteiger partial charge in [0.1, 0.15) is 0 Å². The van der Waals surface area contributed by atoms with Gasteiger partial charge in [0.05, 0.1) is 0 Å². The first-order valence-corrected chi connectivity index (χ1v) is 4.37. The highest BCUT2D eigenvalue weighted by atomic mass is 35.5. The maximum Gasteiger partial charge on any atom is 0.0406 e. The highest BCUT2D eigenvalue weighted by Gasteiger charge is 2.00. The van der Waals surface area contributed by atoms with Crippen LogP contribution in [0.2, 0.25) is 5.02 Å². The zero-order valence-corrected chi connectivity index (χ0v) is 7.73. The molecule has 1 rings (SSSR count). The molecule has 0 saturated carbocycles. The van der Waals surface area contributed by atoms with E-state index in [0.29, 0.717) is 5.92 Å². The highest BCUT2D eigenvalue weighted by molar-refractivity contribution is 6.30. The Bertz CT molecular complexity index is 213. The van der Waals surface area contributed by atoms with E-state index in [0.717, 1.165) is 5.02 Å². The Morgan fingerprint density at radius 2 is 1.82 bits per heavy atom. The maximum atomic E-state index is 5.76. The Balaban J connectivity index is 2.81. The molecule has 0 fully saturated rings. The molecule has 60 valence electrons. The SMILES string of the molecule is CCC(C)c1ccc(Cl)cc1. The molecule has 1 aromatic carbocycles. The Labute approximate surface area is 73.2 Å². The van der Waals surface area contributed by atoms with E-state index in [1.807, 2.05) is 12.1 Å². The third-order valence-corrected chi connectivity index (χ3v) is 2.30. The number of halogens is 1. The Morgan fingerprint density at radius 3 is 2.27 bits per heavy atom. The first-order valence-electron chi connectivity index (χ1n) is 3.99. The van der Waals surface area contributed by atoms with E-state index in [2.05, 4.69) is 26.0 Å². The van der Waals surface area contributed by atoms with E-state index in [9.17, 15) is 0 Å². The molecule has 0 aliphatic rings. The molecule has 0 aliphatic carbocycles. The van der Waals surface area contributed by atoms with Crippen LogP contribution in [0.15, 0.2) is 24.3 Å². The predicted octanol–water partition coefficient (Wildman–Crippen LogP) is 3.85. The molecule has 1 aromatic rings. The fourth-order valence-corrected chi connectivity index (χ4v) is 1.15. The highest BCUT2D eigenvalue weighted by Crippen LogP contribution is 2.20. The van der Waals surface area contributed by atoms with Gasteiger partial charge in [-0.3, -0.25) is 0 Å². The number of benzene rings is 1. The van der Waals surface area contributed by atoms with E-state index in [1.54, 1.807) is 0 Å². The van der Waals surface area contributed by atoms with Crippen LogP contribution in [0.4, 0.5) is 0 Å². The largest absolute Gasteiger partial charge is 0.0843 e. The average molecular weight is 169 g/mol. The van der Waals surface area contributed by atoms with Crippen LogP contribution in [0.5, 0.6) is 0 Å². The van der Waals surface area contributed by atoms with Crippen LogP contribution in [-0.2, 0) is 0 Å². The lowest BCUT2D eigenvalue weighted by Gasteiger charge is -2.07. The molecule has 0 nitrogen and oxygen atoms in total. The summed E-state index contributed by atoms with van der Waals surface area (Å²) in [6, 6.07) is 8.08. The van der Waals surface area contributed by atoms with Gasteiger partial charge in [0, 0.05) is 5.02 Å². The molecule has 0 radical (unpaired) electrons. The molecule has 0 heterocycles. The summed E-state index contributed by atoms with van der Waals surface area (Å²) in [7, 11) is 0. The lowest BCUT2D eigenvalue weighted by Crippen LogP contribution is -1.89.